The second-order valence-corrected chi connectivity index (χ2v) is 10.3. The van der Waals surface area contributed by atoms with Crippen LogP contribution in [0.4, 0.5) is 0 Å². The first-order valence-corrected chi connectivity index (χ1v) is 15.5. The fourth-order valence-corrected chi connectivity index (χ4v) is 4.37. The molecule has 5 heteroatoms. The summed E-state index contributed by atoms with van der Waals surface area (Å²) in [5.74, 6) is 0. The number of ether oxygens (including phenoxy) is 3. The molecule has 0 spiro atoms. The first-order chi connectivity index (χ1) is 20.3. The Balaban J connectivity index is 1.92. The molecule has 0 bridgehead atoms. The van der Waals surface area contributed by atoms with Gasteiger partial charge in [0.05, 0.1) is 13.2 Å². The third kappa shape index (κ3) is 19.0. The third-order valence-electron chi connectivity index (χ3n) is 6.75. The van der Waals surface area contributed by atoms with Crippen LogP contribution in [0.2, 0.25) is 0 Å². The first kappa shape index (κ1) is 34.3. The topological polar surface area (TPSA) is 61.8 Å². The Bertz CT molecular complexity index is 863. The number of allylic oxidation sites excluding steroid dienone is 2. The molecule has 2 atom stereocenters. The van der Waals surface area contributed by atoms with Crippen LogP contribution in [-0.2, 0) is 37.0 Å². The predicted molar refractivity (Wildman–Crippen MR) is 166 cm³/mol. The number of benzene rings is 2. The maximum atomic E-state index is 10.5. The van der Waals surface area contributed by atoms with Crippen molar-refractivity contribution in [2.45, 2.75) is 116 Å². The summed E-state index contributed by atoms with van der Waals surface area (Å²) in [7, 11) is 0. The van der Waals surface area contributed by atoms with Crippen LogP contribution in [0.25, 0.3) is 0 Å². The molecule has 0 aliphatic rings. The highest BCUT2D eigenvalue weighted by Crippen LogP contribution is 2.15. The van der Waals surface area contributed by atoms with E-state index < -0.39 is 12.6 Å². The Labute approximate surface area is 248 Å². The van der Waals surface area contributed by atoms with E-state index in [9.17, 15) is 9.59 Å². The van der Waals surface area contributed by atoms with E-state index in [4.69, 9.17) is 14.2 Å². The summed E-state index contributed by atoms with van der Waals surface area (Å²) < 4.78 is 18.7. The van der Waals surface area contributed by atoms with Crippen molar-refractivity contribution >= 4 is 12.6 Å². The lowest BCUT2D eigenvalue weighted by Gasteiger charge is -2.22. The molecule has 0 amide bonds. The Morgan fingerprint density at radius 2 is 0.854 bits per heavy atom. The van der Waals surface area contributed by atoms with E-state index in [2.05, 4.69) is 12.2 Å². The van der Waals surface area contributed by atoms with Gasteiger partial charge < -0.3 is 23.8 Å². The number of carbonyl (C=O) groups is 2. The van der Waals surface area contributed by atoms with Gasteiger partial charge >= 0.3 is 0 Å². The minimum Gasteiger partial charge on any atom is -0.344 e. The van der Waals surface area contributed by atoms with Crippen LogP contribution in [0, 0.1) is 0 Å². The lowest BCUT2D eigenvalue weighted by molar-refractivity contribution is -0.215. The van der Waals surface area contributed by atoms with Crippen molar-refractivity contribution in [1.82, 2.24) is 0 Å². The standard InChI is InChI=1S/C36H50O5/c37-29-21-11-7-3-1-5-9-19-27-35(39-31-33-23-15-13-16-24-33)41-36(40-32-34-25-17-14-18-26-34)28-20-10-6-2-4-8-12-22-30-38/h13-20,23-30,35-36H,1-12,21-22,31-32H2. The highest BCUT2D eigenvalue weighted by atomic mass is 16.8. The molecule has 41 heavy (non-hydrogen) atoms. The molecular weight excluding hydrogens is 512 g/mol. The van der Waals surface area contributed by atoms with Gasteiger partial charge in [-0.3, -0.25) is 0 Å². The van der Waals surface area contributed by atoms with Gasteiger partial charge in [0.1, 0.15) is 12.6 Å². The Morgan fingerprint density at radius 1 is 0.488 bits per heavy atom. The van der Waals surface area contributed by atoms with Gasteiger partial charge in [-0.15, -0.1) is 0 Å². The lowest BCUT2D eigenvalue weighted by Crippen LogP contribution is -2.24. The predicted octanol–water partition coefficient (Wildman–Crippen LogP) is 9.06. The average Bonchev–Trinajstić information content (AvgIpc) is 3.01. The number of aldehydes is 2. The lowest BCUT2D eigenvalue weighted by atomic mass is 10.1. The smallest absolute Gasteiger partial charge is 0.180 e. The highest BCUT2D eigenvalue weighted by molar-refractivity contribution is 5.49. The van der Waals surface area contributed by atoms with Gasteiger partial charge in [0.15, 0.2) is 12.6 Å². The van der Waals surface area contributed by atoms with Crippen molar-refractivity contribution < 1.29 is 23.8 Å². The largest absolute Gasteiger partial charge is 0.344 e. The second kappa shape index (κ2) is 24.9. The van der Waals surface area contributed by atoms with Gasteiger partial charge in [0.25, 0.3) is 0 Å². The summed E-state index contributed by atoms with van der Waals surface area (Å²) in [5, 5.41) is 0. The minimum absolute atomic E-state index is 0.450. The van der Waals surface area contributed by atoms with E-state index in [1.165, 1.54) is 0 Å². The van der Waals surface area contributed by atoms with Crippen molar-refractivity contribution in [2.24, 2.45) is 0 Å². The van der Waals surface area contributed by atoms with Crippen LogP contribution in [-0.4, -0.2) is 25.2 Å². The van der Waals surface area contributed by atoms with Crippen LogP contribution < -0.4 is 0 Å². The summed E-state index contributed by atoms with van der Waals surface area (Å²) in [4.78, 5) is 20.9. The van der Waals surface area contributed by atoms with Gasteiger partial charge in [-0.25, -0.2) is 0 Å². The molecule has 0 fully saturated rings. The molecule has 0 saturated carbocycles. The van der Waals surface area contributed by atoms with Crippen LogP contribution in [0.3, 0.4) is 0 Å². The third-order valence-corrected chi connectivity index (χ3v) is 6.75. The summed E-state index contributed by atoms with van der Waals surface area (Å²) in [6, 6.07) is 20.2. The van der Waals surface area contributed by atoms with Crippen molar-refractivity contribution in [2.75, 3.05) is 0 Å². The number of unbranched alkanes of at least 4 members (excludes halogenated alkanes) is 12. The Morgan fingerprint density at radius 3 is 1.24 bits per heavy atom. The number of rotatable bonds is 26. The molecule has 0 aliphatic heterocycles. The molecule has 2 rings (SSSR count). The normalized spacial score (nSPS) is 13.1. The van der Waals surface area contributed by atoms with Crippen molar-refractivity contribution in [3.63, 3.8) is 0 Å². The molecule has 2 aromatic rings. The number of carbonyl (C=O) groups excluding carboxylic acids is 2. The molecule has 0 heterocycles. The zero-order chi connectivity index (χ0) is 29.1. The highest BCUT2D eigenvalue weighted by Gasteiger charge is 2.14. The summed E-state index contributed by atoms with van der Waals surface area (Å²) in [5.41, 5.74) is 2.19. The van der Waals surface area contributed by atoms with Gasteiger partial charge in [0.2, 0.25) is 0 Å². The molecule has 0 aliphatic carbocycles. The first-order valence-electron chi connectivity index (χ1n) is 15.5. The summed E-state index contributed by atoms with van der Waals surface area (Å²) >= 11 is 0. The van der Waals surface area contributed by atoms with Gasteiger partial charge in [-0.1, -0.05) is 111 Å². The van der Waals surface area contributed by atoms with E-state index in [1.807, 2.05) is 72.8 Å². The molecule has 2 unspecified atom stereocenters. The van der Waals surface area contributed by atoms with Crippen LogP contribution in [0.15, 0.2) is 85.0 Å². The van der Waals surface area contributed by atoms with E-state index in [0.29, 0.717) is 26.1 Å². The van der Waals surface area contributed by atoms with Crippen molar-refractivity contribution in [3.8, 4) is 0 Å². The van der Waals surface area contributed by atoms with E-state index in [-0.39, 0.29) is 0 Å². The maximum Gasteiger partial charge on any atom is 0.180 e. The SMILES string of the molecule is O=CCCCCCCCC=CC(OCc1ccccc1)OC(C=CCCCCCCCC=O)OCc1ccccc1. The minimum atomic E-state index is -0.536. The molecular formula is C36H50O5. The van der Waals surface area contributed by atoms with Crippen LogP contribution in [0.5, 0.6) is 0 Å². The molecule has 224 valence electrons. The van der Waals surface area contributed by atoms with Crippen LogP contribution in [0.1, 0.15) is 101 Å². The quantitative estimate of drug-likeness (QED) is 0.0495. The van der Waals surface area contributed by atoms with Gasteiger partial charge in [-0.2, -0.15) is 0 Å². The monoisotopic (exact) mass is 562 g/mol. The van der Waals surface area contributed by atoms with Crippen molar-refractivity contribution in [3.05, 3.63) is 96.1 Å². The number of hydrogen-bond acceptors (Lipinski definition) is 5. The number of hydrogen-bond donors (Lipinski definition) is 0. The molecule has 0 radical (unpaired) electrons. The Kier molecular flexibility index (Phi) is 20.9. The molecule has 0 aromatic heterocycles. The summed E-state index contributed by atoms with van der Waals surface area (Å²) in [6.45, 7) is 0.900. The summed E-state index contributed by atoms with van der Waals surface area (Å²) in [6.07, 6.45) is 23.5. The second-order valence-electron chi connectivity index (χ2n) is 10.3. The average molecular weight is 563 g/mol. The van der Waals surface area contributed by atoms with E-state index >= 15 is 0 Å². The fraction of sp³-hybridized carbons (Fsp3) is 0.500. The van der Waals surface area contributed by atoms with Crippen molar-refractivity contribution in [1.29, 1.82) is 0 Å². The van der Waals surface area contributed by atoms with Crippen LogP contribution >= 0.6 is 0 Å². The fourth-order valence-electron chi connectivity index (χ4n) is 4.37. The Hall–Kier alpha value is -2.86. The zero-order valence-electron chi connectivity index (χ0n) is 24.7. The van der Waals surface area contributed by atoms with E-state index in [1.54, 1.807) is 0 Å². The van der Waals surface area contributed by atoms with E-state index in [0.717, 1.165) is 101 Å². The van der Waals surface area contributed by atoms with Gasteiger partial charge in [-0.05, 0) is 61.8 Å². The molecule has 0 saturated heterocycles. The van der Waals surface area contributed by atoms with Gasteiger partial charge in [0, 0.05) is 12.8 Å². The molecule has 5 nitrogen and oxygen atoms in total. The molecule has 0 N–H and O–H groups in total. The molecule has 2 aromatic carbocycles. The zero-order valence-corrected chi connectivity index (χ0v) is 24.7. The maximum absolute atomic E-state index is 10.5.